The number of halogens is 1. The Labute approximate surface area is 117 Å². The first-order valence-corrected chi connectivity index (χ1v) is 6.64. The summed E-state index contributed by atoms with van der Waals surface area (Å²) < 4.78 is 13.8. The summed E-state index contributed by atoms with van der Waals surface area (Å²) >= 11 is 0. The number of hydrogen-bond donors (Lipinski definition) is 2. The fourth-order valence-corrected chi connectivity index (χ4v) is 2.20. The highest BCUT2D eigenvalue weighted by Crippen LogP contribution is 2.26. The topological polar surface area (TPSA) is 49.8 Å². The van der Waals surface area contributed by atoms with Crippen LogP contribution in [0.2, 0.25) is 0 Å². The van der Waals surface area contributed by atoms with Gasteiger partial charge in [-0.15, -0.1) is 0 Å². The van der Waals surface area contributed by atoms with Crippen LogP contribution in [0.5, 0.6) is 0 Å². The van der Waals surface area contributed by atoms with Crippen molar-refractivity contribution in [3.8, 4) is 0 Å². The molecule has 0 saturated heterocycles. The van der Waals surface area contributed by atoms with Gasteiger partial charge in [-0.05, 0) is 31.5 Å². The van der Waals surface area contributed by atoms with Gasteiger partial charge in [0.2, 0.25) is 5.95 Å². The molecule has 1 aromatic heterocycles. The van der Waals surface area contributed by atoms with E-state index in [-0.39, 0.29) is 0 Å². The highest BCUT2D eigenvalue weighted by molar-refractivity contribution is 5.54. The summed E-state index contributed by atoms with van der Waals surface area (Å²) in [5.74, 6) is 0.569. The van der Waals surface area contributed by atoms with Gasteiger partial charge < -0.3 is 10.6 Å². The first-order valence-electron chi connectivity index (χ1n) is 6.64. The van der Waals surface area contributed by atoms with Gasteiger partial charge in [0.25, 0.3) is 0 Å². The van der Waals surface area contributed by atoms with E-state index in [1.807, 2.05) is 18.3 Å². The summed E-state index contributed by atoms with van der Waals surface area (Å²) in [6.07, 6.45) is 1.84. The van der Waals surface area contributed by atoms with Crippen LogP contribution in [0.3, 0.4) is 0 Å². The zero-order valence-electron chi connectivity index (χ0n) is 11.6. The SMILES string of the molecule is CC(C)(F)c1ccc(Nc2ncc3c(n2)CNC3)cc1. The molecule has 4 nitrogen and oxygen atoms in total. The lowest BCUT2D eigenvalue weighted by atomic mass is 10.0. The van der Waals surface area contributed by atoms with Crippen molar-refractivity contribution in [2.45, 2.75) is 32.6 Å². The second kappa shape index (κ2) is 4.83. The quantitative estimate of drug-likeness (QED) is 0.901. The first-order chi connectivity index (χ1) is 9.52. The fourth-order valence-electron chi connectivity index (χ4n) is 2.20. The Morgan fingerprint density at radius 1 is 1.20 bits per heavy atom. The van der Waals surface area contributed by atoms with Gasteiger partial charge in [-0.1, -0.05) is 12.1 Å². The average molecular weight is 272 g/mol. The minimum absolute atomic E-state index is 0.569. The summed E-state index contributed by atoms with van der Waals surface area (Å²) in [5.41, 5.74) is 2.36. The van der Waals surface area contributed by atoms with Crippen molar-refractivity contribution in [3.05, 3.63) is 47.3 Å². The molecule has 0 bridgehead atoms. The van der Waals surface area contributed by atoms with Gasteiger partial charge in [0, 0.05) is 30.5 Å². The molecule has 0 spiro atoms. The van der Waals surface area contributed by atoms with Crippen LogP contribution >= 0.6 is 0 Å². The summed E-state index contributed by atoms with van der Waals surface area (Å²) in [4.78, 5) is 8.74. The third-order valence-corrected chi connectivity index (χ3v) is 3.39. The Kier molecular flexibility index (Phi) is 3.14. The molecule has 0 amide bonds. The fraction of sp³-hybridized carbons (Fsp3) is 0.333. The Balaban J connectivity index is 1.78. The van der Waals surface area contributed by atoms with Crippen LogP contribution in [-0.2, 0) is 18.8 Å². The number of fused-ring (bicyclic) bond motifs is 1. The lowest BCUT2D eigenvalue weighted by Gasteiger charge is -2.15. The van der Waals surface area contributed by atoms with E-state index >= 15 is 0 Å². The van der Waals surface area contributed by atoms with Crippen LogP contribution in [0.15, 0.2) is 30.5 Å². The van der Waals surface area contributed by atoms with Crippen molar-refractivity contribution in [2.75, 3.05) is 5.32 Å². The molecule has 1 aliphatic heterocycles. The highest BCUT2D eigenvalue weighted by atomic mass is 19.1. The van der Waals surface area contributed by atoms with Crippen LogP contribution in [0.25, 0.3) is 0 Å². The summed E-state index contributed by atoms with van der Waals surface area (Å²) in [6.45, 7) is 4.70. The van der Waals surface area contributed by atoms with E-state index in [0.717, 1.165) is 30.0 Å². The third kappa shape index (κ3) is 2.63. The molecule has 104 valence electrons. The highest BCUT2D eigenvalue weighted by Gasteiger charge is 2.18. The predicted molar refractivity (Wildman–Crippen MR) is 76.4 cm³/mol. The van der Waals surface area contributed by atoms with E-state index in [1.54, 1.807) is 26.0 Å². The van der Waals surface area contributed by atoms with Crippen LogP contribution in [0, 0.1) is 0 Å². The van der Waals surface area contributed by atoms with Crippen molar-refractivity contribution in [2.24, 2.45) is 0 Å². The van der Waals surface area contributed by atoms with Crippen LogP contribution < -0.4 is 10.6 Å². The lowest BCUT2D eigenvalue weighted by Crippen LogP contribution is -2.08. The van der Waals surface area contributed by atoms with E-state index in [0.29, 0.717) is 11.5 Å². The molecule has 1 aromatic carbocycles. The van der Waals surface area contributed by atoms with Crippen molar-refractivity contribution in [1.29, 1.82) is 0 Å². The maximum absolute atomic E-state index is 13.8. The molecular weight excluding hydrogens is 255 g/mol. The van der Waals surface area contributed by atoms with Crippen LogP contribution in [-0.4, -0.2) is 9.97 Å². The second-order valence-corrected chi connectivity index (χ2v) is 5.44. The van der Waals surface area contributed by atoms with E-state index < -0.39 is 5.67 Å². The van der Waals surface area contributed by atoms with E-state index in [2.05, 4.69) is 20.6 Å². The minimum Gasteiger partial charge on any atom is -0.324 e. The molecule has 2 aromatic rings. The molecule has 1 aliphatic rings. The normalized spacial score (nSPS) is 14.2. The van der Waals surface area contributed by atoms with Crippen molar-refractivity contribution in [3.63, 3.8) is 0 Å². The van der Waals surface area contributed by atoms with Gasteiger partial charge in [0.05, 0.1) is 5.69 Å². The maximum Gasteiger partial charge on any atom is 0.227 e. The predicted octanol–water partition coefficient (Wildman–Crippen LogP) is 3.03. The van der Waals surface area contributed by atoms with Crippen molar-refractivity contribution in [1.82, 2.24) is 15.3 Å². The monoisotopic (exact) mass is 272 g/mol. The number of nitrogens with one attached hydrogen (secondary N) is 2. The molecule has 0 fully saturated rings. The van der Waals surface area contributed by atoms with Crippen molar-refractivity contribution < 1.29 is 4.39 Å². The number of alkyl halides is 1. The number of rotatable bonds is 3. The standard InChI is InChI=1S/C15H17FN4/c1-15(2,16)11-3-5-12(6-4-11)19-14-18-8-10-7-17-9-13(10)20-14/h3-6,8,17H,7,9H2,1-2H3,(H,18,19,20). The molecule has 5 heteroatoms. The Morgan fingerprint density at radius 3 is 2.65 bits per heavy atom. The lowest BCUT2D eigenvalue weighted by molar-refractivity contribution is 0.221. The average Bonchev–Trinajstić information content (AvgIpc) is 2.86. The first kappa shape index (κ1) is 13.0. The van der Waals surface area contributed by atoms with Crippen LogP contribution in [0.4, 0.5) is 16.0 Å². The minimum atomic E-state index is -1.33. The largest absolute Gasteiger partial charge is 0.324 e. The van der Waals surface area contributed by atoms with Gasteiger partial charge in [-0.25, -0.2) is 14.4 Å². The molecule has 3 rings (SSSR count). The molecular formula is C15H17FN4. The Bertz CT molecular complexity index is 617. The van der Waals surface area contributed by atoms with Gasteiger partial charge in [-0.3, -0.25) is 0 Å². The van der Waals surface area contributed by atoms with Gasteiger partial charge >= 0.3 is 0 Å². The molecule has 20 heavy (non-hydrogen) atoms. The van der Waals surface area contributed by atoms with Crippen molar-refractivity contribution >= 4 is 11.6 Å². The molecule has 0 unspecified atom stereocenters. The van der Waals surface area contributed by atoms with E-state index in [9.17, 15) is 4.39 Å². The second-order valence-electron chi connectivity index (χ2n) is 5.44. The summed E-state index contributed by atoms with van der Waals surface area (Å²) in [6, 6.07) is 7.23. The van der Waals surface area contributed by atoms with E-state index in [1.165, 1.54) is 0 Å². The number of benzene rings is 1. The molecule has 0 atom stereocenters. The molecule has 0 radical (unpaired) electrons. The van der Waals surface area contributed by atoms with Crippen LogP contribution in [0.1, 0.15) is 30.7 Å². The molecule has 2 N–H and O–H groups in total. The zero-order chi connectivity index (χ0) is 14.2. The molecule has 2 heterocycles. The van der Waals surface area contributed by atoms with Gasteiger partial charge in [0.15, 0.2) is 0 Å². The summed E-state index contributed by atoms with van der Waals surface area (Å²) in [5, 5.41) is 6.37. The molecule has 0 saturated carbocycles. The molecule has 0 aliphatic carbocycles. The Hall–Kier alpha value is -2.01. The zero-order valence-corrected chi connectivity index (χ0v) is 11.6. The van der Waals surface area contributed by atoms with E-state index in [4.69, 9.17) is 0 Å². The number of nitrogens with zero attached hydrogens (tertiary/aromatic N) is 2. The number of hydrogen-bond acceptors (Lipinski definition) is 4. The summed E-state index contributed by atoms with van der Waals surface area (Å²) in [7, 11) is 0. The smallest absolute Gasteiger partial charge is 0.227 e. The van der Waals surface area contributed by atoms with Gasteiger partial charge in [0.1, 0.15) is 5.67 Å². The van der Waals surface area contributed by atoms with Gasteiger partial charge in [-0.2, -0.15) is 0 Å². The number of aromatic nitrogens is 2. The number of anilines is 2. The Morgan fingerprint density at radius 2 is 1.95 bits per heavy atom. The maximum atomic E-state index is 13.8. The third-order valence-electron chi connectivity index (χ3n) is 3.39.